The molecule has 0 aromatic heterocycles. The Labute approximate surface area is 258 Å². The van der Waals surface area contributed by atoms with Gasteiger partial charge >= 0.3 is 6.09 Å². The predicted octanol–water partition coefficient (Wildman–Crippen LogP) is 3.03. The van der Waals surface area contributed by atoms with Crippen LogP contribution in [0, 0.1) is 0 Å². The first-order chi connectivity index (χ1) is 20.9. The molecule has 0 aliphatic rings. The molecule has 4 amide bonds. The van der Waals surface area contributed by atoms with E-state index in [2.05, 4.69) is 21.3 Å². The standard InChI is InChI=1S/C34H42N4O6/c1-23(36-33(43)44-34(2,3)4)30(40)38-28(21-25-16-10-6-11-17-25)31(41)37-27(20-24-14-8-5-9-15-24)29(39)32(42)35-22-26-18-12-7-13-19-26/h5-19,23,27-29,39H,20-22H2,1-4H3,(H,35,42)(H,36,43)(H,37,41)(H,38,40)/t23-,27?,28-,29-/m0/s1. The topological polar surface area (TPSA) is 146 Å². The fraction of sp³-hybridized carbons (Fsp3) is 0.353. The zero-order valence-electron chi connectivity index (χ0n) is 25.6. The number of aliphatic hydroxyl groups excluding tert-OH is 1. The summed E-state index contributed by atoms with van der Waals surface area (Å²) in [6.07, 6.45) is -2.05. The maximum absolute atomic E-state index is 13.7. The average molecular weight is 603 g/mol. The molecule has 0 fully saturated rings. The van der Waals surface area contributed by atoms with Crippen LogP contribution in [-0.4, -0.2) is 58.8 Å². The fourth-order valence-electron chi connectivity index (χ4n) is 4.37. The van der Waals surface area contributed by atoms with Crippen molar-refractivity contribution >= 4 is 23.8 Å². The normalized spacial score (nSPS) is 13.8. The Balaban J connectivity index is 1.77. The number of benzene rings is 3. The predicted molar refractivity (Wildman–Crippen MR) is 167 cm³/mol. The zero-order chi connectivity index (χ0) is 32.1. The Bertz CT molecular complexity index is 1360. The molecule has 3 rings (SSSR count). The minimum Gasteiger partial charge on any atom is -0.444 e. The van der Waals surface area contributed by atoms with Crippen molar-refractivity contribution in [1.82, 2.24) is 21.3 Å². The van der Waals surface area contributed by atoms with Crippen LogP contribution in [-0.2, 0) is 38.5 Å². The van der Waals surface area contributed by atoms with Crippen molar-refractivity contribution < 1.29 is 29.0 Å². The molecule has 5 N–H and O–H groups in total. The lowest BCUT2D eigenvalue weighted by molar-refractivity contribution is -0.134. The minimum atomic E-state index is -1.58. The number of aliphatic hydroxyl groups is 1. The van der Waals surface area contributed by atoms with Crippen molar-refractivity contribution in [2.24, 2.45) is 0 Å². The summed E-state index contributed by atoms with van der Waals surface area (Å²) in [7, 11) is 0. The van der Waals surface area contributed by atoms with Gasteiger partial charge in [-0.05, 0) is 50.8 Å². The first-order valence-electron chi connectivity index (χ1n) is 14.6. The fourth-order valence-corrected chi connectivity index (χ4v) is 4.37. The molecule has 1 unspecified atom stereocenters. The number of hydrogen-bond donors (Lipinski definition) is 5. The lowest BCUT2D eigenvalue weighted by Crippen LogP contribution is -2.58. The van der Waals surface area contributed by atoms with Crippen molar-refractivity contribution in [2.75, 3.05) is 0 Å². The van der Waals surface area contributed by atoms with Crippen molar-refractivity contribution in [3.63, 3.8) is 0 Å². The van der Waals surface area contributed by atoms with Crippen LogP contribution >= 0.6 is 0 Å². The number of amides is 4. The van der Waals surface area contributed by atoms with E-state index >= 15 is 0 Å². The van der Waals surface area contributed by atoms with E-state index in [9.17, 15) is 24.3 Å². The molecule has 234 valence electrons. The molecule has 0 spiro atoms. The lowest BCUT2D eigenvalue weighted by Gasteiger charge is -2.27. The monoisotopic (exact) mass is 602 g/mol. The summed E-state index contributed by atoms with van der Waals surface area (Å²) >= 11 is 0. The van der Waals surface area contributed by atoms with Gasteiger partial charge in [0.1, 0.15) is 17.7 Å². The Morgan fingerprint density at radius 1 is 0.682 bits per heavy atom. The summed E-state index contributed by atoms with van der Waals surface area (Å²) in [4.78, 5) is 52.1. The highest BCUT2D eigenvalue weighted by Gasteiger charge is 2.32. The number of ether oxygens (including phenoxy) is 1. The van der Waals surface area contributed by atoms with Gasteiger partial charge in [0, 0.05) is 13.0 Å². The van der Waals surface area contributed by atoms with E-state index in [4.69, 9.17) is 4.74 Å². The molecular weight excluding hydrogens is 560 g/mol. The first kappa shape index (κ1) is 33.8. The molecular formula is C34H42N4O6. The third-order valence-electron chi connectivity index (χ3n) is 6.63. The van der Waals surface area contributed by atoms with Crippen LogP contribution in [0.1, 0.15) is 44.4 Å². The molecule has 0 radical (unpaired) electrons. The largest absolute Gasteiger partial charge is 0.444 e. The molecule has 0 aliphatic carbocycles. The van der Waals surface area contributed by atoms with Gasteiger partial charge in [0.25, 0.3) is 5.91 Å². The van der Waals surface area contributed by atoms with Crippen molar-refractivity contribution in [1.29, 1.82) is 0 Å². The van der Waals surface area contributed by atoms with Crippen LogP contribution in [0.4, 0.5) is 4.79 Å². The molecule has 0 aliphatic heterocycles. The average Bonchev–Trinajstić information content (AvgIpc) is 2.99. The highest BCUT2D eigenvalue weighted by Crippen LogP contribution is 2.11. The van der Waals surface area contributed by atoms with Crippen LogP contribution in [0.3, 0.4) is 0 Å². The van der Waals surface area contributed by atoms with Gasteiger partial charge < -0.3 is 31.1 Å². The van der Waals surface area contributed by atoms with Crippen molar-refractivity contribution in [3.8, 4) is 0 Å². The Morgan fingerprint density at radius 2 is 1.18 bits per heavy atom. The quantitative estimate of drug-likeness (QED) is 0.203. The summed E-state index contributed by atoms with van der Waals surface area (Å²) in [5, 5.41) is 21.8. The third-order valence-corrected chi connectivity index (χ3v) is 6.63. The number of nitrogens with one attached hydrogen (secondary N) is 4. The van der Waals surface area contributed by atoms with Gasteiger partial charge in [-0.1, -0.05) is 91.0 Å². The van der Waals surface area contributed by atoms with Gasteiger partial charge in [-0.2, -0.15) is 0 Å². The molecule has 44 heavy (non-hydrogen) atoms. The van der Waals surface area contributed by atoms with Crippen LogP contribution < -0.4 is 21.3 Å². The number of alkyl carbamates (subject to hydrolysis) is 1. The summed E-state index contributed by atoms with van der Waals surface area (Å²) in [5.74, 6) is -1.84. The van der Waals surface area contributed by atoms with Crippen molar-refractivity contribution in [2.45, 2.75) is 76.9 Å². The number of rotatable bonds is 13. The summed E-state index contributed by atoms with van der Waals surface area (Å²) < 4.78 is 5.24. The molecule has 0 saturated heterocycles. The van der Waals surface area contributed by atoms with Gasteiger partial charge in [-0.3, -0.25) is 14.4 Å². The number of hydrogen-bond acceptors (Lipinski definition) is 6. The summed E-state index contributed by atoms with van der Waals surface area (Å²) in [6, 6.07) is 24.5. The molecule has 0 bridgehead atoms. The second kappa shape index (κ2) is 16.2. The van der Waals surface area contributed by atoms with Gasteiger partial charge in [-0.25, -0.2) is 4.79 Å². The van der Waals surface area contributed by atoms with Crippen LogP contribution in [0.2, 0.25) is 0 Å². The van der Waals surface area contributed by atoms with Gasteiger partial charge in [0.15, 0.2) is 6.10 Å². The van der Waals surface area contributed by atoms with Gasteiger partial charge in [0.05, 0.1) is 6.04 Å². The van der Waals surface area contributed by atoms with E-state index in [-0.39, 0.29) is 19.4 Å². The maximum atomic E-state index is 13.7. The Hall–Kier alpha value is -4.70. The number of carbonyl (C=O) groups is 4. The molecule has 10 heteroatoms. The lowest BCUT2D eigenvalue weighted by atomic mass is 9.99. The molecule has 4 atom stereocenters. The summed E-state index contributed by atoms with van der Waals surface area (Å²) in [6.45, 7) is 6.81. The first-order valence-corrected chi connectivity index (χ1v) is 14.6. The molecule has 3 aromatic rings. The SMILES string of the molecule is C[C@H](NC(=O)OC(C)(C)C)C(=O)N[C@@H](Cc1ccccc1)C(=O)NC(Cc1ccccc1)[C@H](O)C(=O)NCc1ccccc1. The van der Waals surface area contributed by atoms with E-state index in [0.717, 1.165) is 16.7 Å². The maximum Gasteiger partial charge on any atom is 0.408 e. The Kier molecular flexibility index (Phi) is 12.5. The van der Waals surface area contributed by atoms with Gasteiger partial charge in [0.2, 0.25) is 11.8 Å². The van der Waals surface area contributed by atoms with Crippen LogP contribution in [0.15, 0.2) is 91.0 Å². The van der Waals surface area contributed by atoms with Gasteiger partial charge in [-0.15, -0.1) is 0 Å². The van der Waals surface area contributed by atoms with Crippen LogP contribution in [0.5, 0.6) is 0 Å². The third kappa shape index (κ3) is 11.5. The van der Waals surface area contributed by atoms with Crippen molar-refractivity contribution in [3.05, 3.63) is 108 Å². The summed E-state index contributed by atoms with van der Waals surface area (Å²) in [5.41, 5.74) is 1.68. The second-order valence-electron chi connectivity index (χ2n) is 11.6. The van der Waals surface area contributed by atoms with E-state index in [1.807, 2.05) is 91.0 Å². The van der Waals surface area contributed by atoms with E-state index in [0.29, 0.717) is 0 Å². The van der Waals surface area contributed by atoms with E-state index < -0.39 is 53.6 Å². The minimum absolute atomic E-state index is 0.131. The molecule has 10 nitrogen and oxygen atoms in total. The highest BCUT2D eigenvalue weighted by molar-refractivity contribution is 5.92. The van der Waals surface area contributed by atoms with E-state index in [1.165, 1.54) is 6.92 Å². The molecule has 0 saturated carbocycles. The number of carbonyl (C=O) groups excluding carboxylic acids is 4. The molecule has 0 heterocycles. The highest BCUT2D eigenvalue weighted by atomic mass is 16.6. The second-order valence-corrected chi connectivity index (χ2v) is 11.6. The zero-order valence-corrected chi connectivity index (χ0v) is 25.6. The van der Waals surface area contributed by atoms with Crippen LogP contribution in [0.25, 0.3) is 0 Å². The van der Waals surface area contributed by atoms with E-state index in [1.54, 1.807) is 20.8 Å². The smallest absolute Gasteiger partial charge is 0.408 e. The molecule has 3 aromatic carbocycles. The Morgan fingerprint density at radius 3 is 1.70 bits per heavy atom.